The van der Waals surface area contributed by atoms with E-state index in [9.17, 15) is 0 Å². The lowest BCUT2D eigenvalue weighted by molar-refractivity contribution is 0.617. The van der Waals surface area contributed by atoms with Crippen LogP contribution in [0.4, 0.5) is 5.82 Å². The second-order valence-corrected chi connectivity index (χ2v) is 3.45. The highest BCUT2D eigenvalue weighted by Gasteiger charge is 2.09. The maximum atomic E-state index is 5.74. The number of furan rings is 1. The highest BCUT2D eigenvalue weighted by molar-refractivity contribution is 5.88. The van der Waals surface area contributed by atoms with Crippen LogP contribution in [0.25, 0.3) is 22.4 Å². The van der Waals surface area contributed by atoms with Gasteiger partial charge < -0.3 is 10.2 Å². The Bertz CT molecular complexity index is 631. The van der Waals surface area contributed by atoms with Crippen LogP contribution in [-0.4, -0.2) is 9.97 Å². The number of hydrogen-bond donors (Lipinski definition) is 1. The summed E-state index contributed by atoms with van der Waals surface area (Å²) in [4.78, 5) is 7.95. The molecule has 0 amide bonds. The number of nitrogens with zero attached hydrogens (tertiary/aromatic N) is 2. The van der Waals surface area contributed by atoms with Crippen molar-refractivity contribution in [2.75, 3.05) is 5.73 Å². The third kappa shape index (κ3) is 1.32. The molecular weight excluding hydrogens is 202 g/mol. The molecule has 0 aliphatic carbocycles. The van der Waals surface area contributed by atoms with Gasteiger partial charge in [-0.25, -0.2) is 9.97 Å². The number of anilines is 1. The molecule has 3 aromatic rings. The second kappa shape index (κ2) is 3.34. The normalized spacial score (nSPS) is 10.8. The van der Waals surface area contributed by atoms with Crippen molar-refractivity contribution in [2.45, 2.75) is 0 Å². The third-order valence-electron chi connectivity index (χ3n) is 2.42. The van der Waals surface area contributed by atoms with E-state index < -0.39 is 0 Å². The summed E-state index contributed by atoms with van der Waals surface area (Å²) >= 11 is 0. The van der Waals surface area contributed by atoms with Crippen molar-refractivity contribution in [1.29, 1.82) is 0 Å². The number of rotatable bonds is 1. The van der Waals surface area contributed by atoms with Gasteiger partial charge in [-0.15, -0.1) is 0 Å². The van der Waals surface area contributed by atoms with Gasteiger partial charge in [-0.3, -0.25) is 0 Å². The van der Waals surface area contributed by atoms with Gasteiger partial charge in [0.25, 0.3) is 0 Å². The summed E-state index contributed by atoms with van der Waals surface area (Å²) in [7, 11) is 0. The molecule has 16 heavy (non-hydrogen) atoms. The Hall–Kier alpha value is -2.36. The number of nitrogens with two attached hydrogens (primary N) is 1. The molecule has 0 aliphatic rings. The van der Waals surface area contributed by atoms with Crippen LogP contribution in [0, 0.1) is 0 Å². The maximum Gasteiger partial charge on any atom is 0.231 e. The first kappa shape index (κ1) is 8.91. The van der Waals surface area contributed by atoms with Gasteiger partial charge in [0, 0.05) is 5.56 Å². The summed E-state index contributed by atoms with van der Waals surface area (Å²) in [5.41, 5.74) is 7.26. The quantitative estimate of drug-likeness (QED) is 0.671. The second-order valence-electron chi connectivity index (χ2n) is 3.45. The van der Waals surface area contributed by atoms with E-state index in [0.29, 0.717) is 11.5 Å². The van der Waals surface area contributed by atoms with Gasteiger partial charge in [0.2, 0.25) is 5.71 Å². The van der Waals surface area contributed by atoms with Gasteiger partial charge in [-0.05, 0) is 6.07 Å². The molecule has 2 N–H and O–H groups in total. The summed E-state index contributed by atoms with van der Waals surface area (Å²) in [6.07, 6.45) is 1.40. The first-order chi connectivity index (χ1) is 7.84. The van der Waals surface area contributed by atoms with Crippen LogP contribution >= 0.6 is 0 Å². The average Bonchev–Trinajstić information content (AvgIpc) is 2.76. The first-order valence-corrected chi connectivity index (χ1v) is 4.90. The van der Waals surface area contributed by atoms with E-state index in [0.717, 1.165) is 16.7 Å². The van der Waals surface area contributed by atoms with E-state index in [1.54, 1.807) is 0 Å². The van der Waals surface area contributed by atoms with Crippen LogP contribution in [0.3, 0.4) is 0 Å². The predicted octanol–water partition coefficient (Wildman–Crippen LogP) is 2.47. The monoisotopic (exact) mass is 211 g/mol. The van der Waals surface area contributed by atoms with Crippen LogP contribution in [0.5, 0.6) is 0 Å². The molecule has 2 aromatic heterocycles. The molecule has 0 unspecified atom stereocenters. The van der Waals surface area contributed by atoms with Gasteiger partial charge in [-0.1, -0.05) is 30.3 Å². The van der Waals surface area contributed by atoms with Gasteiger partial charge in [0.1, 0.15) is 17.9 Å². The minimum absolute atomic E-state index is 0.441. The van der Waals surface area contributed by atoms with Gasteiger partial charge in [0.15, 0.2) is 0 Å². The summed E-state index contributed by atoms with van der Waals surface area (Å²) in [6, 6.07) is 11.7. The lowest BCUT2D eigenvalue weighted by atomic mass is 10.2. The Balaban J connectivity index is 2.23. The van der Waals surface area contributed by atoms with Gasteiger partial charge >= 0.3 is 0 Å². The average molecular weight is 211 g/mol. The highest BCUT2D eigenvalue weighted by atomic mass is 16.3. The molecule has 0 saturated carbocycles. The van der Waals surface area contributed by atoms with Gasteiger partial charge in [-0.2, -0.15) is 0 Å². The molecule has 0 aliphatic heterocycles. The number of nitrogen functional groups attached to an aromatic ring is 1. The summed E-state index contributed by atoms with van der Waals surface area (Å²) in [5, 5.41) is 0.751. The number of fused-ring (bicyclic) bond motifs is 1. The summed E-state index contributed by atoms with van der Waals surface area (Å²) in [5.74, 6) is 1.19. The zero-order valence-corrected chi connectivity index (χ0v) is 8.42. The predicted molar refractivity (Wildman–Crippen MR) is 61.7 cm³/mol. The Morgan fingerprint density at radius 1 is 1.06 bits per heavy atom. The molecule has 0 bridgehead atoms. The molecule has 0 spiro atoms. The van der Waals surface area contributed by atoms with E-state index in [1.807, 2.05) is 36.4 Å². The lowest BCUT2D eigenvalue weighted by Crippen LogP contribution is -1.89. The summed E-state index contributed by atoms with van der Waals surface area (Å²) in [6.45, 7) is 0. The zero-order valence-electron chi connectivity index (χ0n) is 8.42. The fourth-order valence-corrected chi connectivity index (χ4v) is 1.62. The van der Waals surface area contributed by atoms with Crippen molar-refractivity contribution >= 4 is 16.9 Å². The Morgan fingerprint density at radius 2 is 1.88 bits per heavy atom. The largest absolute Gasteiger partial charge is 0.438 e. The molecule has 0 fully saturated rings. The molecule has 1 aromatic carbocycles. The molecule has 4 heteroatoms. The molecule has 4 nitrogen and oxygen atoms in total. The van der Waals surface area contributed by atoms with Crippen molar-refractivity contribution in [3.63, 3.8) is 0 Å². The van der Waals surface area contributed by atoms with E-state index in [-0.39, 0.29) is 0 Å². The molecule has 2 heterocycles. The lowest BCUT2D eigenvalue weighted by Gasteiger charge is -1.92. The van der Waals surface area contributed by atoms with Crippen LogP contribution in [0.1, 0.15) is 0 Å². The molecular formula is C12H9N3O. The van der Waals surface area contributed by atoms with E-state index in [2.05, 4.69) is 9.97 Å². The Morgan fingerprint density at radius 3 is 2.62 bits per heavy atom. The molecule has 78 valence electrons. The third-order valence-corrected chi connectivity index (χ3v) is 2.42. The zero-order chi connectivity index (χ0) is 11.0. The fourth-order valence-electron chi connectivity index (χ4n) is 1.62. The van der Waals surface area contributed by atoms with Crippen LogP contribution < -0.4 is 5.73 Å². The summed E-state index contributed by atoms with van der Waals surface area (Å²) < 4.78 is 5.60. The van der Waals surface area contributed by atoms with Crippen molar-refractivity contribution in [3.8, 4) is 11.3 Å². The van der Waals surface area contributed by atoms with Crippen LogP contribution in [0.15, 0.2) is 47.1 Å². The minimum atomic E-state index is 0.441. The highest BCUT2D eigenvalue weighted by Crippen LogP contribution is 2.28. The number of benzene rings is 1. The number of hydrogen-bond acceptors (Lipinski definition) is 4. The fraction of sp³-hybridized carbons (Fsp3) is 0. The van der Waals surface area contributed by atoms with Crippen LogP contribution in [-0.2, 0) is 0 Å². The van der Waals surface area contributed by atoms with Crippen molar-refractivity contribution < 1.29 is 4.42 Å². The minimum Gasteiger partial charge on any atom is -0.438 e. The maximum absolute atomic E-state index is 5.74. The number of aromatic nitrogens is 2. The molecule has 3 rings (SSSR count). The first-order valence-electron chi connectivity index (χ1n) is 4.90. The van der Waals surface area contributed by atoms with E-state index >= 15 is 0 Å². The molecule has 0 saturated heterocycles. The molecule has 0 radical (unpaired) electrons. The van der Waals surface area contributed by atoms with Gasteiger partial charge in [0.05, 0.1) is 5.39 Å². The van der Waals surface area contributed by atoms with Crippen molar-refractivity contribution in [3.05, 3.63) is 42.7 Å². The standard InChI is InChI=1S/C12H9N3O/c13-11-9-6-10(8-4-2-1-3-5-8)16-12(9)15-7-14-11/h1-7H,(H2,13,14,15). The SMILES string of the molecule is Nc1ncnc2oc(-c3ccccc3)cc12. The van der Waals surface area contributed by atoms with Crippen LogP contribution in [0.2, 0.25) is 0 Å². The smallest absolute Gasteiger partial charge is 0.231 e. The Labute approximate surface area is 91.7 Å². The van der Waals surface area contributed by atoms with E-state index in [4.69, 9.17) is 10.2 Å². The van der Waals surface area contributed by atoms with Crippen molar-refractivity contribution in [1.82, 2.24) is 9.97 Å². The topological polar surface area (TPSA) is 64.9 Å². The van der Waals surface area contributed by atoms with E-state index in [1.165, 1.54) is 6.33 Å². The molecule has 0 atom stereocenters. The van der Waals surface area contributed by atoms with Crippen molar-refractivity contribution in [2.24, 2.45) is 0 Å². The Kier molecular flexibility index (Phi) is 1.86.